The number of aryl methyl sites for hydroxylation is 1. The molecule has 0 bridgehead atoms. The lowest BCUT2D eigenvalue weighted by molar-refractivity contribution is -0.554. The molecule has 0 saturated heterocycles. The van der Waals surface area contributed by atoms with Crippen molar-refractivity contribution < 1.29 is 9.72 Å². The fraction of sp³-hybridized carbons (Fsp3) is 0.500. The number of carbonyl (C=O) groups is 1. The van der Waals surface area contributed by atoms with Crippen molar-refractivity contribution in [2.24, 2.45) is 0 Å². The van der Waals surface area contributed by atoms with Gasteiger partial charge in [0.15, 0.2) is 0 Å². The zero-order chi connectivity index (χ0) is 14.0. The molecule has 102 valence electrons. The highest BCUT2D eigenvalue weighted by Crippen LogP contribution is 2.33. The molecular formula is C14H16BrNO3. The number of nitrogens with zero attached hydrogens (tertiary/aromatic N) is 1. The molecule has 1 fully saturated rings. The third kappa shape index (κ3) is 2.71. The van der Waals surface area contributed by atoms with Crippen LogP contribution in [-0.2, 0) is 11.2 Å². The number of hydrogen-bond donors (Lipinski definition) is 0. The first-order valence-electron chi connectivity index (χ1n) is 6.38. The van der Waals surface area contributed by atoms with E-state index in [0.717, 1.165) is 28.4 Å². The molecule has 1 aliphatic rings. The summed E-state index contributed by atoms with van der Waals surface area (Å²) < 4.78 is 0.840. The number of halogens is 1. The Morgan fingerprint density at radius 3 is 2.74 bits per heavy atom. The number of hydrogen-bond acceptors (Lipinski definition) is 3. The van der Waals surface area contributed by atoms with Crippen LogP contribution >= 0.6 is 15.9 Å². The third-order valence-electron chi connectivity index (χ3n) is 3.80. The van der Waals surface area contributed by atoms with Gasteiger partial charge in [0.2, 0.25) is 5.78 Å². The molecule has 5 heteroatoms. The van der Waals surface area contributed by atoms with E-state index < -0.39 is 5.54 Å². The monoisotopic (exact) mass is 325 g/mol. The average Bonchev–Trinajstić information content (AvgIpc) is 2.35. The van der Waals surface area contributed by atoms with Gasteiger partial charge in [-0.1, -0.05) is 28.1 Å². The average molecular weight is 326 g/mol. The van der Waals surface area contributed by atoms with Gasteiger partial charge in [-0.05, 0) is 37.0 Å². The van der Waals surface area contributed by atoms with Gasteiger partial charge in [0.1, 0.15) is 0 Å². The number of ketones is 1. The van der Waals surface area contributed by atoms with Gasteiger partial charge in [0.05, 0.1) is 6.42 Å². The molecule has 0 spiro atoms. The maximum atomic E-state index is 12.1. The van der Waals surface area contributed by atoms with E-state index in [9.17, 15) is 14.9 Å². The van der Waals surface area contributed by atoms with E-state index in [0.29, 0.717) is 12.8 Å². The standard InChI is InChI=1S/C14H16BrNO3/c1-10-5-6-11(12(15)8-10)9-14(16(18)19)7-3-2-4-13(14)17/h5-6,8H,2-4,7,9H2,1H3. The molecule has 1 aromatic rings. The van der Waals surface area contributed by atoms with E-state index in [-0.39, 0.29) is 17.1 Å². The largest absolute Gasteiger partial charge is 0.292 e. The lowest BCUT2D eigenvalue weighted by Crippen LogP contribution is -2.50. The topological polar surface area (TPSA) is 60.2 Å². The van der Waals surface area contributed by atoms with Crippen molar-refractivity contribution in [1.29, 1.82) is 0 Å². The Hall–Kier alpha value is -1.23. The van der Waals surface area contributed by atoms with Crippen LogP contribution in [0.3, 0.4) is 0 Å². The van der Waals surface area contributed by atoms with Gasteiger partial charge in [-0.15, -0.1) is 0 Å². The summed E-state index contributed by atoms with van der Waals surface area (Å²) in [4.78, 5) is 23.1. The van der Waals surface area contributed by atoms with Crippen LogP contribution in [0.4, 0.5) is 0 Å². The van der Waals surface area contributed by atoms with E-state index in [1.807, 2.05) is 25.1 Å². The molecule has 19 heavy (non-hydrogen) atoms. The fourth-order valence-corrected chi connectivity index (χ4v) is 3.26. The molecule has 0 amide bonds. The van der Waals surface area contributed by atoms with Gasteiger partial charge in [-0.3, -0.25) is 14.9 Å². The van der Waals surface area contributed by atoms with Gasteiger partial charge in [0.25, 0.3) is 5.54 Å². The zero-order valence-corrected chi connectivity index (χ0v) is 12.4. The number of carbonyl (C=O) groups excluding carboxylic acids is 1. The van der Waals surface area contributed by atoms with Crippen molar-refractivity contribution in [3.8, 4) is 0 Å². The van der Waals surface area contributed by atoms with Crippen LogP contribution < -0.4 is 0 Å². The van der Waals surface area contributed by atoms with Crippen LogP contribution in [-0.4, -0.2) is 16.2 Å². The molecule has 1 saturated carbocycles. The summed E-state index contributed by atoms with van der Waals surface area (Å²) in [6.45, 7) is 1.96. The van der Waals surface area contributed by atoms with Gasteiger partial charge in [-0.25, -0.2) is 0 Å². The summed E-state index contributed by atoms with van der Waals surface area (Å²) in [5, 5.41) is 11.4. The summed E-state index contributed by atoms with van der Waals surface area (Å²) >= 11 is 3.43. The first-order valence-corrected chi connectivity index (χ1v) is 7.18. The molecule has 4 nitrogen and oxygen atoms in total. The van der Waals surface area contributed by atoms with Gasteiger partial charge in [-0.2, -0.15) is 0 Å². The molecule has 2 rings (SSSR count). The Balaban J connectivity index is 2.36. The maximum Gasteiger partial charge on any atom is 0.283 e. The van der Waals surface area contributed by atoms with Crippen LogP contribution in [0, 0.1) is 17.0 Å². The second-order valence-electron chi connectivity index (χ2n) is 5.19. The normalized spacial score (nSPS) is 23.4. The molecule has 0 N–H and O–H groups in total. The van der Waals surface area contributed by atoms with E-state index in [4.69, 9.17) is 0 Å². The van der Waals surface area contributed by atoms with Crippen LogP contribution in [0.15, 0.2) is 22.7 Å². The van der Waals surface area contributed by atoms with E-state index in [2.05, 4.69) is 15.9 Å². The maximum absolute atomic E-state index is 12.1. The fourth-order valence-electron chi connectivity index (χ4n) is 2.63. The van der Waals surface area contributed by atoms with Crippen molar-refractivity contribution in [2.75, 3.05) is 0 Å². The van der Waals surface area contributed by atoms with Crippen LogP contribution in [0.25, 0.3) is 0 Å². The molecule has 0 radical (unpaired) electrons. The first-order chi connectivity index (χ1) is 8.95. The summed E-state index contributed by atoms with van der Waals surface area (Å²) in [6.07, 6.45) is 2.36. The highest BCUT2D eigenvalue weighted by atomic mass is 79.9. The minimum absolute atomic E-state index is 0.180. The highest BCUT2D eigenvalue weighted by Gasteiger charge is 2.51. The van der Waals surface area contributed by atoms with Crippen LogP contribution in [0.5, 0.6) is 0 Å². The van der Waals surface area contributed by atoms with E-state index >= 15 is 0 Å². The Bertz CT molecular complexity index is 529. The quantitative estimate of drug-likeness (QED) is 0.631. The highest BCUT2D eigenvalue weighted by molar-refractivity contribution is 9.10. The lowest BCUT2D eigenvalue weighted by Gasteiger charge is -2.28. The number of Topliss-reactive ketones (excluding diaryl/α,β-unsaturated/α-hetero) is 1. The smallest absolute Gasteiger partial charge is 0.283 e. The zero-order valence-electron chi connectivity index (χ0n) is 10.8. The predicted octanol–water partition coefficient (Wildman–Crippen LogP) is 3.46. The van der Waals surface area contributed by atoms with Crippen molar-refractivity contribution in [3.63, 3.8) is 0 Å². The van der Waals surface area contributed by atoms with Crippen LogP contribution in [0.1, 0.15) is 36.8 Å². The third-order valence-corrected chi connectivity index (χ3v) is 4.54. The number of rotatable bonds is 3. The Kier molecular flexibility index (Phi) is 4.04. The second kappa shape index (κ2) is 5.41. The second-order valence-corrected chi connectivity index (χ2v) is 6.04. The Morgan fingerprint density at radius 1 is 1.42 bits per heavy atom. The number of nitro groups is 1. The summed E-state index contributed by atoms with van der Waals surface area (Å²) in [5.41, 5.74) is 0.494. The summed E-state index contributed by atoms with van der Waals surface area (Å²) in [5.74, 6) is -0.226. The SMILES string of the molecule is Cc1ccc(CC2([N+](=O)[O-])CCCCC2=O)c(Br)c1. The molecule has 1 atom stereocenters. The lowest BCUT2D eigenvalue weighted by atomic mass is 9.77. The van der Waals surface area contributed by atoms with Crippen LogP contribution in [0.2, 0.25) is 0 Å². The van der Waals surface area contributed by atoms with Crippen molar-refractivity contribution in [2.45, 2.75) is 44.6 Å². The summed E-state index contributed by atoms with van der Waals surface area (Å²) in [7, 11) is 0. The minimum atomic E-state index is -1.42. The van der Waals surface area contributed by atoms with Crippen molar-refractivity contribution >= 4 is 21.7 Å². The van der Waals surface area contributed by atoms with Gasteiger partial charge in [0, 0.05) is 22.2 Å². The molecule has 0 heterocycles. The molecule has 1 unspecified atom stereocenters. The Labute approximate surface area is 120 Å². The van der Waals surface area contributed by atoms with Crippen molar-refractivity contribution in [1.82, 2.24) is 0 Å². The van der Waals surface area contributed by atoms with E-state index in [1.54, 1.807) is 0 Å². The number of benzene rings is 1. The molecule has 1 aliphatic carbocycles. The van der Waals surface area contributed by atoms with Gasteiger partial charge >= 0.3 is 0 Å². The predicted molar refractivity (Wildman–Crippen MR) is 75.8 cm³/mol. The van der Waals surface area contributed by atoms with Gasteiger partial charge < -0.3 is 0 Å². The molecule has 1 aromatic carbocycles. The minimum Gasteiger partial charge on any atom is -0.292 e. The first kappa shape index (κ1) is 14.2. The van der Waals surface area contributed by atoms with Crippen molar-refractivity contribution in [3.05, 3.63) is 43.9 Å². The summed E-state index contributed by atoms with van der Waals surface area (Å²) in [6, 6.07) is 5.71. The molecule has 0 aromatic heterocycles. The molecular weight excluding hydrogens is 310 g/mol. The Morgan fingerprint density at radius 2 is 2.16 bits per heavy atom. The molecule has 0 aliphatic heterocycles. The van der Waals surface area contributed by atoms with E-state index in [1.165, 1.54) is 0 Å².